The third-order valence-electron chi connectivity index (χ3n) is 3.94. The van der Waals surface area contributed by atoms with Crippen LogP contribution >= 0.6 is 0 Å². The largest absolute Gasteiger partial charge is 0.409 e. The summed E-state index contributed by atoms with van der Waals surface area (Å²) in [6, 6.07) is -0.333. The summed E-state index contributed by atoms with van der Waals surface area (Å²) in [6.07, 6.45) is 2.62. The van der Waals surface area contributed by atoms with Crippen molar-refractivity contribution in [2.45, 2.75) is 39.2 Å². The van der Waals surface area contributed by atoms with E-state index in [4.69, 9.17) is 10.9 Å². The van der Waals surface area contributed by atoms with E-state index in [0.717, 1.165) is 25.0 Å². The van der Waals surface area contributed by atoms with Crippen molar-refractivity contribution in [3.8, 4) is 0 Å². The van der Waals surface area contributed by atoms with Crippen molar-refractivity contribution in [1.29, 1.82) is 0 Å². The zero-order valence-corrected chi connectivity index (χ0v) is 12.1. The molecule has 1 fully saturated rings. The maximum absolute atomic E-state index is 12.8. The fraction of sp³-hybridized carbons (Fsp3) is 0.615. The molecular formula is C13H21N5O2. The number of nitrogens with zero attached hydrogens (tertiary/aromatic N) is 4. The van der Waals surface area contributed by atoms with Gasteiger partial charge in [-0.15, -0.1) is 0 Å². The summed E-state index contributed by atoms with van der Waals surface area (Å²) in [5.74, 6) is 0.00152. The number of amides is 1. The van der Waals surface area contributed by atoms with Crippen LogP contribution in [0.15, 0.2) is 5.16 Å². The molecule has 110 valence electrons. The normalized spacial score (nSPS) is 20.2. The topological polar surface area (TPSA) is 96.7 Å². The van der Waals surface area contributed by atoms with Crippen LogP contribution in [-0.2, 0) is 7.05 Å². The number of piperidine rings is 1. The third-order valence-corrected chi connectivity index (χ3v) is 3.94. The van der Waals surface area contributed by atoms with Gasteiger partial charge in [-0.25, -0.2) is 0 Å². The molecule has 0 radical (unpaired) electrons. The molecule has 2 heterocycles. The molecule has 7 nitrogen and oxygen atoms in total. The van der Waals surface area contributed by atoms with Crippen LogP contribution in [0, 0.1) is 13.8 Å². The lowest BCUT2D eigenvalue weighted by molar-refractivity contribution is 0.0675. The Morgan fingerprint density at radius 3 is 2.70 bits per heavy atom. The van der Waals surface area contributed by atoms with Crippen LogP contribution in [0.2, 0.25) is 0 Å². The van der Waals surface area contributed by atoms with Gasteiger partial charge in [0.25, 0.3) is 5.91 Å². The van der Waals surface area contributed by atoms with E-state index >= 15 is 0 Å². The Balaban J connectivity index is 2.35. The first kappa shape index (κ1) is 14.4. The van der Waals surface area contributed by atoms with Crippen LogP contribution in [0.4, 0.5) is 0 Å². The lowest BCUT2D eigenvalue weighted by Crippen LogP contribution is -2.50. The molecule has 0 spiro atoms. The minimum absolute atomic E-state index is 0.0931. The minimum atomic E-state index is -0.333. The monoisotopic (exact) mass is 279 g/mol. The summed E-state index contributed by atoms with van der Waals surface area (Å²) >= 11 is 0. The Labute approximate surface area is 118 Å². The van der Waals surface area contributed by atoms with E-state index in [9.17, 15) is 4.79 Å². The Hall–Kier alpha value is -2.05. The molecule has 0 aliphatic carbocycles. The van der Waals surface area contributed by atoms with Crippen LogP contribution < -0.4 is 5.73 Å². The highest BCUT2D eigenvalue weighted by Crippen LogP contribution is 2.22. The van der Waals surface area contributed by atoms with Gasteiger partial charge in [-0.1, -0.05) is 5.16 Å². The predicted octanol–water partition coefficient (Wildman–Crippen LogP) is 0.778. The number of carbonyl (C=O) groups excluding carboxylic acids is 1. The number of rotatable bonds is 2. The standard InChI is InChI=1S/C13H21N5O2/c1-8-11(9(2)17(3)15-8)13(19)18-7-5-4-6-10(18)12(14)16-20/h10,20H,4-7H2,1-3H3,(H2,14,16). The first-order valence-corrected chi connectivity index (χ1v) is 6.76. The lowest BCUT2D eigenvalue weighted by atomic mass is 9.99. The van der Waals surface area contributed by atoms with Crippen molar-refractivity contribution < 1.29 is 10.0 Å². The number of likely N-dealkylation sites (tertiary alicyclic amines) is 1. The summed E-state index contributed by atoms with van der Waals surface area (Å²) in [4.78, 5) is 14.5. The summed E-state index contributed by atoms with van der Waals surface area (Å²) in [5.41, 5.74) is 7.87. The number of aromatic nitrogens is 2. The van der Waals surface area contributed by atoms with E-state index in [1.54, 1.807) is 9.58 Å². The smallest absolute Gasteiger partial charge is 0.258 e. The van der Waals surface area contributed by atoms with E-state index in [1.807, 2.05) is 20.9 Å². The number of hydrogen-bond acceptors (Lipinski definition) is 4. The predicted molar refractivity (Wildman–Crippen MR) is 74.8 cm³/mol. The number of amidine groups is 1. The molecule has 1 aliphatic rings. The lowest BCUT2D eigenvalue weighted by Gasteiger charge is -2.34. The van der Waals surface area contributed by atoms with Gasteiger partial charge in [-0.05, 0) is 33.1 Å². The number of oxime groups is 1. The molecule has 1 unspecified atom stereocenters. The van der Waals surface area contributed by atoms with E-state index in [2.05, 4.69) is 10.3 Å². The molecule has 0 bridgehead atoms. The number of carbonyl (C=O) groups is 1. The van der Waals surface area contributed by atoms with E-state index in [1.165, 1.54) is 0 Å². The van der Waals surface area contributed by atoms with Gasteiger partial charge in [-0.3, -0.25) is 9.48 Å². The van der Waals surface area contributed by atoms with Gasteiger partial charge in [0, 0.05) is 19.3 Å². The summed E-state index contributed by atoms with van der Waals surface area (Å²) in [5, 5.41) is 16.2. The van der Waals surface area contributed by atoms with Crippen LogP contribution in [0.5, 0.6) is 0 Å². The molecule has 1 atom stereocenters. The number of nitrogens with two attached hydrogens (primary N) is 1. The molecule has 0 saturated carbocycles. The molecule has 7 heteroatoms. The second-order valence-corrected chi connectivity index (χ2v) is 5.20. The first-order chi connectivity index (χ1) is 9.47. The van der Waals surface area contributed by atoms with E-state index in [-0.39, 0.29) is 17.8 Å². The van der Waals surface area contributed by atoms with Crippen LogP contribution in [0.25, 0.3) is 0 Å². The van der Waals surface area contributed by atoms with Gasteiger partial charge >= 0.3 is 0 Å². The van der Waals surface area contributed by atoms with E-state index < -0.39 is 0 Å². The molecular weight excluding hydrogens is 258 g/mol. The molecule has 1 aromatic heterocycles. The van der Waals surface area contributed by atoms with E-state index in [0.29, 0.717) is 17.8 Å². The minimum Gasteiger partial charge on any atom is -0.409 e. The highest BCUT2D eigenvalue weighted by atomic mass is 16.4. The van der Waals surface area contributed by atoms with Crippen LogP contribution in [-0.4, -0.2) is 44.2 Å². The highest BCUT2D eigenvalue weighted by molar-refractivity contribution is 6.00. The fourth-order valence-electron chi connectivity index (χ4n) is 2.78. The molecule has 3 N–H and O–H groups in total. The maximum Gasteiger partial charge on any atom is 0.258 e. The van der Waals surface area contributed by atoms with Crippen molar-refractivity contribution in [2.24, 2.45) is 17.9 Å². The third kappa shape index (κ3) is 2.35. The highest BCUT2D eigenvalue weighted by Gasteiger charge is 2.32. The summed E-state index contributed by atoms with van der Waals surface area (Å²) < 4.78 is 1.70. The molecule has 0 aromatic carbocycles. The average molecular weight is 279 g/mol. The maximum atomic E-state index is 12.8. The molecule has 20 heavy (non-hydrogen) atoms. The van der Waals surface area contributed by atoms with Gasteiger partial charge < -0.3 is 15.8 Å². The summed E-state index contributed by atoms with van der Waals surface area (Å²) in [7, 11) is 1.82. The van der Waals surface area contributed by atoms with Gasteiger partial charge in [0.05, 0.1) is 17.3 Å². The fourth-order valence-corrected chi connectivity index (χ4v) is 2.78. The molecule has 1 aromatic rings. The SMILES string of the molecule is Cc1nn(C)c(C)c1C(=O)N1CCCCC1C(N)=NO. The molecule has 1 aliphatic heterocycles. The number of aryl methyl sites for hydroxylation is 2. The first-order valence-electron chi connectivity index (χ1n) is 6.76. The van der Waals surface area contributed by atoms with Gasteiger partial charge in [0.1, 0.15) is 0 Å². The van der Waals surface area contributed by atoms with Crippen molar-refractivity contribution in [1.82, 2.24) is 14.7 Å². The Morgan fingerprint density at radius 2 is 2.15 bits per heavy atom. The van der Waals surface area contributed by atoms with Gasteiger partial charge in [-0.2, -0.15) is 5.10 Å². The zero-order chi connectivity index (χ0) is 14.9. The Kier molecular flexibility index (Phi) is 3.96. The summed E-state index contributed by atoms with van der Waals surface area (Å²) in [6.45, 7) is 4.31. The van der Waals surface area contributed by atoms with Crippen LogP contribution in [0.3, 0.4) is 0 Å². The zero-order valence-electron chi connectivity index (χ0n) is 12.1. The Bertz CT molecular complexity index is 549. The Morgan fingerprint density at radius 1 is 1.45 bits per heavy atom. The van der Waals surface area contributed by atoms with Crippen LogP contribution in [0.1, 0.15) is 41.0 Å². The van der Waals surface area contributed by atoms with Gasteiger partial charge in [0.15, 0.2) is 5.84 Å². The van der Waals surface area contributed by atoms with Gasteiger partial charge in [0.2, 0.25) is 0 Å². The van der Waals surface area contributed by atoms with Crippen molar-refractivity contribution in [3.05, 3.63) is 17.0 Å². The quantitative estimate of drug-likeness (QED) is 0.362. The molecule has 1 saturated heterocycles. The molecule has 2 rings (SSSR count). The van der Waals surface area contributed by atoms with Crippen molar-refractivity contribution in [2.75, 3.05) is 6.54 Å². The second-order valence-electron chi connectivity index (χ2n) is 5.20. The van der Waals surface area contributed by atoms with Crippen molar-refractivity contribution >= 4 is 11.7 Å². The second kappa shape index (κ2) is 5.52. The average Bonchev–Trinajstić information content (AvgIpc) is 2.70. The number of hydrogen-bond donors (Lipinski definition) is 2. The molecule has 1 amide bonds. The van der Waals surface area contributed by atoms with Crippen molar-refractivity contribution in [3.63, 3.8) is 0 Å².